The van der Waals surface area contributed by atoms with Crippen molar-refractivity contribution in [3.8, 4) is 0 Å². The van der Waals surface area contributed by atoms with Crippen LogP contribution in [0.2, 0.25) is 0 Å². The summed E-state index contributed by atoms with van der Waals surface area (Å²) < 4.78 is 37.8. The van der Waals surface area contributed by atoms with Crippen LogP contribution in [0.15, 0.2) is 24.3 Å². The van der Waals surface area contributed by atoms with E-state index in [4.69, 9.17) is 0 Å². The van der Waals surface area contributed by atoms with E-state index in [9.17, 15) is 13.2 Å². The van der Waals surface area contributed by atoms with E-state index in [1.807, 2.05) is 0 Å². The predicted molar refractivity (Wildman–Crippen MR) is 54.0 cm³/mol. The molecule has 4 heteroatoms. The Bertz CT molecular complexity index is 280. The van der Waals surface area contributed by atoms with Gasteiger partial charge in [0.05, 0.1) is 5.56 Å². The summed E-state index contributed by atoms with van der Waals surface area (Å²) in [5, 5.41) is 0. The van der Waals surface area contributed by atoms with E-state index in [0.717, 1.165) is 6.07 Å². The largest absolute Gasteiger partial charge is 0.416 e. The van der Waals surface area contributed by atoms with E-state index in [1.54, 1.807) is 6.07 Å². The molecule has 72 valence electrons. The average Bonchev–Trinajstić information content (AvgIpc) is 2.04. The first-order valence-electron chi connectivity index (χ1n) is 3.77. The molecule has 0 nitrogen and oxygen atoms in total. The summed E-state index contributed by atoms with van der Waals surface area (Å²) in [5.41, 5.74) is -0.129. The maximum Gasteiger partial charge on any atom is 0.416 e. The van der Waals surface area contributed by atoms with Gasteiger partial charge in [-0.3, -0.25) is 0 Å². The number of halogens is 4. The lowest BCUT2D eigenvalue weighted by Crippen LogP contribution is -2.09. The second-order valence-electron chi connectivity index (χ2n) is 2.59. The molecule has 0 N–H and O–H groups in total. The minimum Gasteiger partial charge on any atom is -0.166 e. The molecule has 13 heavy (non-hydrogen) atoms. The fraction of sp³-hybridized carbons (Fsp3) is 0.333. The van der Waals surface area contributed by atoms with Crippen molar-refractivity contribution < 1.29 is 13.2 Å². The van der Waals surface area contributed by atoms with Crippen LogP contribution in [0.1, 0.15) is 11.1 Å². The predicted octanol–water partition coefficient (Wildman–Crippen LogP) is 3.68. The van der Waals surface area contributed by atoms with Gasteiger partial charge in [0, 0.05) is 4.43 Å². The first-order chi connectivity index (χ1) is 6.05. The molecule has 0 aromatic heterocycles. The number of hydrogen-bond donors (Lipinski definition) is 0. The molecule has 0 fully saturated rings. The van der Waals surface area contributed by atoms with Crippen molar-refractivity contribution in [2.45, 2.75) is 12.6 Å². The smallest absolute Gasteiger partial charge is 0.166 e. The lowest BCUT2D eigenvalue weighted by Gasteiger charge is -2.11. The Labute approximate surface area is 88.3 Å². The number of benzene rings is 1. The molecular formula is C9H8F3I. The van der Waals surface area contributed by atoms with Gasteiger partial charge in [0.1, 0.15) is 0 Å². The van der Waals surface area contributed by atoms with Crippen LogP contribution >= 0.6 is 22.6 Å². The first kappa shape index (κ1) is 10.8. The van der Waals surface area contributed by atoms with Gasteiger partial charge in [-0.05, 0) is 18.1 Å². The highest BCUT2D eigenvalue weighted by Gasteiger charge is 2.32. The molecule has 0 amide bonds. The third-order valence-corrected chi connectivity index (χ3v) is 2.23. The molecule has 0 bridgehead atoms. The molecule has 0 aliphatic carbocycles. The van der Waals surface area contributed by atoms with E-state index in [2.05, 4.69) is 22.6 Å². The highest BCUT2D eigenvalue weighted by Crippen LogP contribution is 2.32. The van der Waals surface area contributed by atoms with Gasteiger partial charge in [0.15, 0.2) is 0 Å². The van der Waals surface area contributed by atoms with Gasteiger partial charge in [-0.15, -0.1) is 0 Å². The number of aryl methyl sites for hydroxylation is 1. The molecule has 1 aromatic carbocycles. The van der Waals surface area contributed by atoms with Crippen LogP contribution in [-0.4, -0.2) is 4.43 Å². The Kier molecular flexibility index (Phi) is 3.58. The summed E-state index contributed by atoms with van der Waals surface area (Å²) in [7, 11) is 0. The molecule has 0 unspecified atom stereocenters. The Morgan fingerprint density at radius 2 is 1.77 bits per heavy atom. The standard InChI is InChI=1S/C9H8F3I/c10-9(11,12)8-4-2-1-3-7(8)5-6-13/h1-4H,5-6H2. The molecule has 0 saturated heterocycles. The third kappa shape index (κ3) is 2.86. The molecule has 0 heterocycles. The van der Waals surface area contributed by atoms with Gasteiger partial charge in [0.25, 0.3) is 0 Å². The normalized spacial score (nSPS) is 11.7. The van der Waals surface area contributed by atoms with Crippen molar-refractivity contribution in [3.05, 3.63) is 35.4 Å². The molecule has 0 saturated carbocycles. The van der Waals surface area contributed by atoms with Crippen molar-refractivity contribution in [3.63, 3.8) is 0 Å². The van der Waals surface area contributed by atoms with Gasteiger partial charge >= 0.3 is 6.18 Å². The minimum atomic E-state index is -4.22. The summed E-state index contributed by atoms with van der Waals surface area (Å²) in [6, 6.07) is 5.71. The SMILES string of the molecule is FC(F)(F)c1ccccc1CCI. The molecule has 0 spiro atoms. The molecular weight excluding hydrogens is 292 g/mol. The topological polar surface area (TPSA) is 0 Å². The number of rotatable bonds is 2. The average molecular weight is 300 g/mol. The van der Waals surface area contributed by atoms with Gasteiger partial charge < -0.3 is 0 Å². The molecule has 0 aliphatic rings. The second-order valence-corrected chi connectivity index (χ2v) is 3.67. The zero-order chi connectivity index (χ0) is 9.90. The number of hydrogen-bond acceptors (Lipinski definition) is 0. The Morgan fingerprint density at radius 3 is 2.31 bits per heavy atom. The Hall–Kier alpha value is -0.260. The summed E-state index contributed by atoms with van der Waals surface area (Å²) in [5.74, 6) is 0. The number of alkyl halides is 4. The Balaban J connectivity index is 3.05. The summed E-state index contributed by atoms with van der Waals surface area (Å²) >= 11 is 2.07. The lowest BCUT2D eigenvalue weighted by molar-refractivity contribution is -0.138. The van der Waals surface area contributed by atoms with E-state index in [0.29, 0.717) is 16.4 Å². The van der Waals surface area contributed by atoms with Crippen molar-refractivity contribution in [1.29, 1.82) is 0 Å². The molecule has 0 aliphatic heterocycles. The van der Waals surface area contributed by atoms with Crippen LogP contribution < -0.4 is 0 Å². The van der Waals surface area contributed by atoms with Crippen molar-refractivity contribution >= 4 is 22.6 Å². The minimum absolute atomic E-state index is 0.379. The van der Waals surface area contributed by atoms with Crippen LogP contribution in [-0.2, 0) is 12.6 Å². The fourth-order valence-electron chi connectivity index (χ4n) is 1.12. The summed E-state index contributed by atoms with van der Waals surface area (Å²) in [6.07, 6.45) is -3.75. The highest BCUT2D eigenvalue weighted by atomic mass is 127. The van der Waals surface area contributed by atoms with Crippen LogP contribution in [0.4, 0.5) is 13.2 Å². The molecule has 1 rings (SSSR count). The quantitative estimate of drug-likeness (QED) is 0.577. The maximum atomic E-state index is 12.4. The van der Waals surface area contributed by atoms with Crippen molar-refractivity contribution in [1.82, 2.24) is 0 Å². The molecule has 0 atom stereocenters. The van der Waals surface area contributed by atoms with Gasteiger partial charge in [-0.2, -0.15) is 13.2 Å². The van der Waals surface area contributed by atoms with Crippen LogP contribution in [0.3, 0.4) is 0 Å². The van der Waals surface area contributed by atoms with Gasteiger partial charge in [-0.25, -0.2) is 0 Å². The fourth-order valence-corrected chi connectivity index (χ4v) is 1.70. The monoisotopic (exact) mass is 300 g/mol. The summed E-state index contributed by atoms with van der Waals surface area (Å²) in [4.78, 5) is 0. The zero-order valence-electron chi connectivity index (χ0n) is 6.74. The zero-order valence-corrected chi connectivity index (χ0v) is 8.89. The van der Waals surface area contributed by atoms with Gasteiger partial charge in [0.2, 0.25) is 0 Å². The maximum absolute atomic E-state index is 12.4. The highest BCUT2D eigenvalue weighted by molar-refractivity contribution is 14.1. The van der Waals surface area contributed by atoms with E-state index in [-0.39, 0.29) is 0 Å². The first-order valence-corrected chi connectivity index (χ1v) is 5.29. The van der Waals surface area contributed by atoms with Crippen LogP contribution in [0.25, 0.3) is 0 Å². The van der Waals surface area contributed by atoms with Gasteiger partial charge in [-0.1, -0.05) is 40.8 Å². The third-order valence-electron chi connectivity index (χ3n) is 1.69. The Morgan fingerprint density at radius 1 is 1.15 bits per heavy atom. The molecule has 1 aromatic rings. The van der Waals surface area contributed by atoms with E-state index in [1.165, 1.54) is 12.1 Å². The van der Waals surface area contributed by atoms with Crippen molar-refractivity contribution in [2.75, 3.05) is 4.43 Å². The second kappa shape index (κ2) is 4.30. The van der Waals surface area contributed by atoms with Crippen LogP contribution in [0, 0.1) is 0 Å². The molecule has 0 radical (unpaired) electrons. The van der Waals surface area contributed by atoms with Crippen molar-refractivity contribution in [2.24, 2.45) is 0 Å². The summed E-state index contributed by atoms with van der Waals surface area (Å²) in [6.45, 7) is 0. The van der Waals surface area contributed by atoms with Crippen LogP contribution in [0.5, 0.6) is 0 Å². The van der Waals surface area contributed by atoms with E-state index < -0.39 is 11.7 Å². The van der Waals surface area contributed by atoms with E-state index >= 15 is 0 Å². The lowest BCUT2D eigenvalue weighted by atomic mass is 10.1.